The van der Waals surface area contributed by atoms with Gasteiger partial charge in [-0.3, -0.25) is 0 Å². The van der Waals surface area contributed by atoms with E-state index in [4.69, 9.17) is 9.15 Å². The molecule has 0 fully saturated rings. The second-order valence-corrected chi connectivity index (χ2v) is 6.89. The van der Waals surface area contributed by atoms with E-state index in [1.807, 2.05) is 32.0 Å². The predicted molar refractivity (Wildman–Crippen MR) is 94.4 cm³/mol. The second kappa shape index (κ2) is 7.50. The molecule has 3 aromatic heterocycles. The molecule has 4 rings (SSSR count). The Bertz CT molecular complexity index is 1130. The fraction of sp³-hybridized carbons (Fsp3) is 0.235. The van der Waals surface area contributed by atoms with Gasteiger partial charge in [0.2, 0.25) is 5.82 Å². The number of rotatable bonds is 6. The van der Waals surface area contributed by atoms with Gasteiger partial charge in [0.05, 0.1) is 0 Å². The van der Waals surface area contributed by atoms with Crippen molar-refractivity contribution in [3.63, 3.8) is 0 Å². The fourth-order valence-electron chi connectivity index (χ4n) is 2.41. The van der Waals surface area contributed by atoms with Crippen LogP contribution < -0.4 is 4.74 Å². The topological polar surface area (TPSA) is 91.2 Å². The van der Waals surface area contributed by atoms with Crippen LogP contribution in [0.4, 0.5) is 8.78 Å². The minimum Gasteiger partial charge on any atom is -0.484 e. The molecule has 3 heterocycles. The van der Waals surface area contributed by atoms with E-state index in [2.05, 4.69) is 25.5 Å². The Kier molecular flexibility index (Phi) is 4.90. The third kappa shape index (κ3) is 3.79. The number of nitrogens with zero attached hydrogens (tertiary/aromatic N) is 6. The molecule has 0 atom stereocenters. The lowest BCUT2D eigenvalue weighted by Crippen LogP contribution is -2.00. The maximum Gasteiger partial charge on any atom is 0.299 e. The van der Waals surface area contributed by atoms with Crippen LogP contribution in [0.5, 0.6) is 5.75 Å². The monoisotopic (exact) mass is 404 g/mol. The van der Waals surface area contributed by atoms with Crippen molar-refractivity contribution < 1.29 is 17.9 Å². The number of aryl methyl sites for hydroxylation is 2. The summed E-state index contributed by atoms with van der Waals surface area (Å²) in [5.74, 6) is 0.513. The SMILES string of the molecule is Cc1ccc(C)c(OCc2nnc(Sc3ccc4nnc(C(F)F)n4n3)o2)c1. The Morgan fingerprint density at radius 2 is 1.96 bits per heavy atom. The number of hydrogen-bond donors (Lipinski definition) is 0. The molecule has 0 amide bonds. The lowest BCUT2D eigenvalue weighted by Gasteiger charge is -2.07. The molecule has 0 saturated carbocycles. The summed E-state index contributed by atoms with van der Waals surface area (Å²) in [7, 11) is 0. The molecule has 11 heteroatoms. The molecule has 0 bridgehead atoms. The van der Waals surface area contributed by atoms with E-state index >= 15 is 0 Å². The summed E-state index contributed by atoms with van der Waals surface area (Å²) < 4.78 is 38.2. The number of fused-ring (bicyclic) bond motifs is 1. The van der Waals surface area contributed by atoms with Gasteiger partial charge >= 0.3 is 0 Å². The van der Waals surface area contributed by atoms with Crippen molar-refractivity contribution in [3.05, 3.63) is 53.2 Å². The summed E-state index contributed by atoms with van der Waals surface area (Å²) in [5, 5.41) is 19.7. The predicted octanol–water partition coefficient (Wildman–Crippen LogP) is 3.79. The number of hydrogen-bond acceptors (Lipinski definition) is 8. The Labute approximate surface area is 161 Å². The molecule has 0 aliphatic heterocycles. The van der Waals surface area contributed by atoms with Gasteiger partial charge in [-0.25, -0.2) is 8.78 Å². The van der Waals surface area contributed by atoms with E-state index < -0.39 is 12.2 Å². The van der Waals surface area contributed by atoms with Crippen LogP contribution in [-0.4, -0.2) is 30.0 Å². The average Bonchev–Trinajstić information content (AvgIpc) is 3.29. The van der Waals surface area contributed by atoms with Crippen molar-refractivity contribution in [2.24, 2.45) is 0 Å². The standard InChI is InChI=1S/C17H14F2N6O2S/c1-9-3-4-10(2)11(7-9)26-8-13-21-23-17(27-13)28-14-6-5-12-20-22-16(15(18)19)25(12)24-14/h3-7,15H,8H2,1-2H3. The van der Waals surface area contributed by atoms with Crippen molar-refractivity contribution in [1.82, 2.24) is 30.0 Å². The van der Waals surface area contributed by atoms with Gasteiger partial charge in [0, 0.05) is 0 Å². The zero-order valence-electron chi connectivity index (χ0n) is 14.8. The van der Waals surface area contributed by atoms with E-state index in [1.54, 1.807) is 6.07 Å². The maximum atomic E-state index is 12.9. The average molecular weight is 404 g/mol. The molecule has 144 valence electrons. The van der Waals surface area contributed by atoms with E-state index in [1.165, 1.54) is 6.07 Å². The molecule has 0 unspecified atom stereocenters. The van der Waals surface area contributed by atoms with Crippen LogP contribution in [0.25, 0.3) is 5.65 Å². The van der Waals surface area contributed by atoms with E-state index in [9.17, 15) is 8.78 Å². The van der Waals surface area contributed by atoms with Crippen LogP contribution in [0.15, 0.2) is 45.0 Å². The lowest BCUT2D eigenvalue weighted by atomic mass is 10.1. The minimum absolute atomic E-state index is 0.116. The maximum absolute atomic E-state index is 12.9. The van der Waals surface area contributed by atoms with Crippen LogP contribution in [0.1, 0.15) is 29.3 Å². The summed E-state index contributed by atoms with van der Waals surface area (Å²) in [6.07, 6.45) is -2.78. The second-order valence-electron chi connectivity index (χ2n) is 5.92. The Morgan fingerprint density at radius 3 is 2.79 bits per heavy atom. The normalized spacial score (nSPS) is 11.5. The Balaban J connectivity index is 1.46. The molecule has 0 saturated heterocycles. The summed E-state index contributed by atoms with van der Waals surface area (Å²) in [4.78, 5) is 0. The molecular weight excluding hydrogens is 390 g/mol. The van der Waals surface area contributed by atoms with Crippen molar-refractivity contribution >= 4 is 17.4 Å². The first kappa shape index (κ1) is 18.3. The quantitative estimate of drug-likeness (QED) is 0.479. The van der Waals surface area contributed by atoms with Crippen molar-refractivity contribution in [2.45, 2.75) is 37.1 Å². The molecule has 1 aromatic carbocycles. The van der Waals surface area contributed by atoms with Crippen molar-refractivity contribution in [3.8, 4) is 5.75 Å². The van der Waals surface area contributed by atoms with Crippen LogP contribution in [0, 0.1) is 13.8 Å². The van der Waals surface area contributed by atoms with E-state index in [0.29, 0.717) is 10.9 Å². The molecule has 0 spiro atoms. The van der Waals surface area contributed by atoms with E-state index in [-0.39, 0.29) is 17.5 Å². The first-order chi connectivity index (χ1) is 13.5. The lowest BCUT2D eigenvalue weighted by molar-refractivity contribution is 0.137. The van der Waals surface area contributed by atoms with Gasteiger partial charge in [0.1, 0.15) is 10.8 Å². The number of halogens is 2. The van der Waals surface area contributed by atoms with Gasteiger partial charge in [-0.2, -0.15) is 9.61 Å². The van der Waals surface area contributed by atoms with Gasteiger partial charge in [-0.1, -0.05) is 12.1 Å². The largest absolute Gasteiger partial charge is 0.484 e. The number of aromatic nitrogens is 6. The smallest absolute Gasteiger partial charge is 0.299 e. The van der Waals surface area contributed by atoms with Crippen LogP contribution >= 0.6 is 11.8 Å². The van der Waals surface area contributed by atoms with Gasteiger partial charge in [-0.05, 0) is 54.9 Å². The summed E-state index contributed by atoms with van der Waals surface area (Å²) in [6.45, 7) is 4.04. The Morgan fingerprint density at radius 1 is 1.11 bits per heavy atom. The molecule has 0 aliphatic carbocycles. The first-order valence-corrected chi connectivity index (χ1v) is 9.02. The zero-order chi connectivity index (χ0) is 19.7. The highest BCUT2D eigenvalue weighted by Gasteiger charge is 2.18. The first-order valence-electron chi connectivity index (χ1n) is 8.20. The summed E-state index contributed by atoms with van der Waals surface area (Å²) >= 11 is 1.05. The third-order valence-electron chi connectivity index (χ3n) is 3.79. The molecule has 0 radical (unpaired) electrons. The minimum atomic E-state index is -2.78. The molecule has 0 aliphatic rings. The molecular formula is C17H14F2N6O2S. The highest BCUT2D eigenvalue weighted by atomic mass is 32.2. The summed E-state index contributed by atoms with van der Waals surface area (Å²) in [5.41, 5.74) is 2.31. The molecule has 8 nitrogen and oxygen atoms in total. The van der Waals surface area contributed by atoms with Gasteiger partial charge < -0.3 is 9.15 Å². The van der Waals surface area contributed by atoms with E-state index in [0.717, 1.165) is 33.2 Å². The van der Waals surface area contributed by atoms with Crippen molar-refractivity contribution in [2.75, 3.05) is 0 Å². The van der Waals surface area contributed by atoms with Gasteiger partial charge in [0.25, 0.3) is 17.5 Å². The fourth-order valence-corrected chi connectivity index (χ4v) is 3.07. The zero-order valence-corrected chi connectivity index (χ0v) is 15.7. The Hall–Kier alpha value is -3.08. The molecule has 0 N–H and O–H groups in total. The van der Waals surface area contributed by atoms with Crippen LogP contribution in [-0.2, 0) is 6.61 Å². The van der Waals surface area contributed by atoms with Gasteiger partial charge in [-0.15, -0.1) is 20.4 Å². The highest BCUT2D eigenvalue weighted by Crippen LogP contribution is 2.26. The number of alkyl halides is 2. The van der Waals surface area contributed by atoms with Gasteiger partial charge in [0.15, 0.2) is 12.3 Å². The highest BCUT2D eigenvalue weighted by molar-refractivity contribution is 7.99. The van der Waals surface area contributed by atoms with Crippen molar-refractivity contribution in [1.29, 1.82) is 0 Å². The summed E-state index contributed by atoms with van der Waals surface area (Å²) in [6, 6.07) is 9.05. The van der Waals surface area contributed by atoms with Crippen LogP contribution in [0.2, 0.25) is 0 Å². The van der Waals surface area contributed by atoms with Crippen LogP contribution in [0.3, 0.4) is 0 Å². The number of ether oxygens (including phenoxy) is 1. The molecule has 28 heavy (non-hydrogen) atoms. The number of benzene rings is 1. The molecule has 4 aromatic rings. The third-order valence-corrected chi connectivity index (χ3v) is 4.56.